The maximum atomic E-state index is 10.5. The predicted molar refractivity (Wildman–Crippen MR) is 137 cm³/mol. The van der Waals surface area contributed by atoms with Gasteiger partial charge in [0, 0.05) is 19.6 Å². The summed E-state index contributed by atoms with van der Waals surface area (Å²) in [4.78, 5) is 4.56. The van der Waals surface area contributed by atoms with Crippen LogP contribution in [0.15, 0.2) is 36.4 Å². The second-order valence-corrected chi connectivity index (χ2v) is 9.79. The van der Waals surface area contributed by atoms with Gasteiger partial charge in [-0.1, -0.05) is 30.7 Å². The Bertz CT molecular complexity index is 896. The molecular weight excluding hydrogens is 428 g/mol. The average Bonchev–Trinajstić information content (AvgIpc) is 2.80. The number of benzene rings is 2. The van der Waals surface area contributed by atoms with Gasteiger partial charge in [0.25, 0.3) is 0 Å². The molecule has 34 heavy (non-hydrogen) atoms. The van der Waals surface area contributed by atoms with Gasteiger partial charge in [0.05, 0.1) is 7.11 Å². The molecule has 2 aromatic rings. The molecule has 0 bridgehead atoms. The summed E-state index contributed by atoms with van der Waals surface area (Å²) in [7, 11) is 3.67. The second-order valence-electron chi connectivity index (χ2n) is 9.79. The third kappa shape index (κ3) is 8.19. The number of methoxy groups -OCH3 is 1. The van der Waals surface area contributed by atoms with Crippen molar-refractivity contribution >= 4 is 0 Å². The number of likely N-dealkylation sites (tertiary alicyclic amines) is 1. The van der Waals surface area contributed by atoms with Gasteiger partial charge in [-0.3, -0.25) is 9.80 Å². The van der Waals surface area contributed by atoms with Gasteiger partial charge in [-0.25, -0.2) is 0 Å². The molecule has 3 rings (SSSR count). The fourth-order valence-electron chi connectivity index (χ4n) is 4.44. The zero-order chi connectivity index (χ0) is 24.5. The lowest BCUT2D eigenvalue weighted by molar-refractivity contribution is 0.0741. The Morgan fingerprint density at radius 3 is 2.47 bits per heavy atom. The molecule has 0 amide bonds. The highest BCUT2D eigenvalue weighted by Gasteiger charge is 2.16. The third-order valence-electron chi connectivity index (χ3n) is 6.51. The first-order valence-electron chi connectivity index (χ1n) is 12.4. The molecule has 1 fully saturated rings. The van der Waals surface area contributed by atoms with Gasteiger partial charge < -0.3 is 19.3 Å². The summed E-state index contributed by atoms with van der Waals surface area (Å²) >= 11 is 0. The summed E-state index contributed by atoms with van der Waals surface area (Å²) < 4.78 is 17.4. The van der Waals surface area contributed by atoms with Crippen LogP contribution in [-0.2, 0) is 6.54 Å². The average molecular weight is 471 g/mol. The monoisotopic (exact) mass is 470 g/mol. The standard InChI is InChI=1S/C28H42N2O4/c1-21-10-12-30(13-11-21)14-15-33-27-9-7-24(17-28(27)32-5)18-29(4)19-25(31)20-34-26-8-6-22(2)16-23(26)3/h6-9,16-17,21,25,31H,10-15,18-20H2,1-5H3/t25-/m0/s1. The summed E-state index contributed by atoms with van der Waals surface area (Å²) in [5, 5.41) is 10.5. The van der Waals surface area contributed by atoms with Gasteiger partial charge >= 0.3 is 0 Å². The van der Waals surface area contributed by atoms with Crippen molar-refractivity contribution in [2.45, 2.75) is 46.3 Å². The lowest BCUT2D eigenvalue weighted by atomic mass is 9.99. The summed E-state index contributed by atoms with van der Waals surface area (Å²) in [6.07, 6.45) is 1.98. The minimum absolute atomic E-state index is 0.264. The molecule has 6 heteroatoms. The molecule has 6 nitrogen and oxygen atoms in total. The molecule has 1 N–H and O–H groups in total. The summed E-state index contributed by atoms with van der Waals surface area (Å²) in [5.41, 5.74) is 3.40. The lowest BCUT2D eigenvalue weighted by Crippen LogP contribution is -2.35. The largest absolute Gasteiger partial charge is 0.493 e. The van der Waals surface area contributed by atoms with Crippen LogP contribution in [0.5, 0.6) is 17.2 Å². The molecule has 0 aromatic heterocycles. The van der Waals surface area contributed by atoms with E-state index in [2.05, 4.69) is 35.8 Å². The maximum absolute atomic E-state index is 10.5. The Labute approximate surface area is 205 Å². The van der Waals surface area contributed by atoms with Crippen LogP contribution in [0, 0.1) is 19.8 Å². The number of rotatable bonds is 12. The van der Waals surface area contributed by atoms with Crippen LogP contribution in [0.3, 0.4) is 0 Å². The van der Waals surface area contributed by atoms with Gasteiger partial charge in [-0.05, 0) is 82.1 Å². The van der Waals surface area contributed by atoms with Gasteiger partial charge in [0.2, 0.25) is 0 Å². The maximum Gasteiger partial charge on any atom is 0.161 e. The number of likely N-dealkylation sites (N-methyl/N-ethyl adjacent to an activating group) is 1. The predicted octanol–water partition coefficient (Wildman–Crippen LogP) is 4.29. The fraction of sp³-hybridized carbons (Fsp3) is 0.571. The molecule has 0 spiro atoms. The Morgan fingerprint density at radius 2 is 1.76 bits per heavy atom. The first kappa shape index (κ1) is 26.3. The zero-order valence-corrected chi connectivity index (χ0v) is 21.5. The van der Waals surface area contributed by atoms with Gasteiger partial charge in [-0.15, -0.1) is 0 Å². The smallest absolute Gasteiger partial charge is 0.161 e. The van der Waals surface area contributed by atoms with Gasteiger partial charge in [-0.2, -0.15) is 0 Å². The Morgan fingerprint density at radius 1 is 1.03 bits per heavy atom. The van der Waals surface area contributed by atoms with Crippen LogP contribution in [0.1, 0.15) is 36.5 Å². The van der Waals surface area contributed by atoms with Crippen molar-refractivity contribution in [1.82, 2.24) is 9.80 Å². The van der Waals surface area contributed by atoms with Crippen molar-refractivity contribution in [3.63, 3.8) is 0 Å². The fourth-order valence-corrected chi connectivity index (χ4v) is 4.44. The Balaban J connectivity index is 1.44. The molecule has 0 radical (unpaired) electrons. The first-order chi connectivity index (χ1) is 16.3. The number of hydrogen-bond acceptors (Lipinski definition) is 6. The number of nitrogens with zero attached hydrogens (tertiary/aromatic N) is 2. The van der Waals surface area contributed by atoms with E-state index in [1.165, 1.54) is 18.4 Å². The van der Waals surface area contributed by atoms with E-state index in [1.54, 1.807) is 7.11 Å². The van der Waals surface area contributed by atoms with Gasteiger partial charge in [0.15, 0.2) is 11.5 Å². The number of aliphatic hydroxyl groups is 1. The molecule has 1 aliphatic heterocycles. The molecule has 188 valence electrons. The minimum atomic E-state index is -0.576. The molecular formula is C28H42N2O4. The summed E-state index contributed by atoms with van der Waals surface area (Å²) in [5.74, 6) is 3.19. The lowest BCUT2D eigenvalue weighted by Gasteiger charge is -2.30. The SMILES string of the molecule is COc1cc(CN(C)C[C@H](O)COc2ccc(C)cc2C)ccc1OCCN1CCC(C)CC1. The van der Waals surface area contributed by atoms with E-state index < -0.39 is 6.10 Å². The zero-order valence-electron chi connectivity index (χ0n) is 21.5. The molecule has 0 saturated carbocycles. The van der Waals surface area contributed by atoms with Crippen molar-refractivity contribution in [2.24, 2.45) is 5.92 Å². The van der Waals surface area contributed by atoms with Crippen LogP contribution < -0.4 is 14.2 Å². The van der Waals surface area contributed by atoms with E-state index in [0.29, 0.717) is 19.7 Å². The Hall–Kier alpha value is -2.28. The van der Waals surface area contributed by atoms with E-state index in [0.717, 1.165) is 53.9 Å². The van der Waals surface area contributed by atoms with Crippen LogP contribution >= 0.6 is 0 Å². The van der Waals surface area contributed by atoms with Crippen molar-refractivity contribution in [3.05, 3.63) is 53.1 Å². The quantitative estimate of drug-likeness (QED) is 0.499. The van der Waals surface area contributed by atoms with E-state index in [1.807, 2.05) is 38.2 Å². The van der Waals surface area contributed by atoms with E-state index >= 15 is 0 Å². The number of aliphatic hydroxyl groups excluding tert-OH is 1. The molecule has 2 aromatic carbocycles. The van der Waals surface area contributed by atoms with Crippen LogP contribution in [0.25, 0.3) is 0 Å². The number of aryl methyl sites for hydroxylation is 2. The highest BCUT2D eigenvalue weighted by molar-refractivity contribution is 5.43. The molecule has 1 heterocycles. The summed E-state index contributed by atoms with van der Waals surface area (Å²) in [6, 6.07) is 12.1. The van der Waals surface area contributed by atoms with Gasteiger partial charge in [0.1, 0.15) is 25.1 Å². The number of hydrogen-bond donors (Lipinski definition) is 1. The number of ether oxygens (including phenoxy) is 3. The molecule has 1 aliphatic rings. The highest BCUT2D eigenvalue weighted by Crippen LogP contribution is 2.29. The topological polar surface area (TPSA) is 54.4 Å². The normalized spacial score (nSPS) is 16.0. The first-order valence-corrected chi connectivity index (χ1v) is 12.4. The minimum Gasteiger partial charge on any atom is -0.493 e. The highest BCUT2D eigenvalue weighted by atomic mass is 16.5. The van der Waals surface area contributed by atoms with E-state index in [9.17, 15) is 5.11 Å². The molecule has 1 atom stereocenters. The van der Waals surface area contributed by atoms with Crippen molar-refractivity contribution in [2.75, 3.05) is 53.6 Å². The van der Waals surface area contributed by atoms with Crippen LogP contribution in [-0.4, -0.2) is 74.6 Å². The molecule has 1 saturated heterocycles. The number of piperidine rings is 1. The Kier molecular flexibility index (Phi) is 10.1. The second kappa shape index (κ2) is 13.0. The van der Waals surface area contributed by atoms with Crippen LogP contribution in [0.4, 0.5) is 0 Å². The van der Waals surface area contributed by atoms with Crippen LogP contribution in [0.2, 0.25) is 0 Å². The van der Waals surface area contributed by atoms with E-state index in [-0.39, 0.29) is 6.61 Å². The van der Waals surface area contributed by atoms with Crippen molar-refractivity contribution < 1.29 is 19.3 Å². The molecule has 0 aliphatic carbocycles. The third-order valence-corrected chi connectivity index (χ3v) is 6.51. The molecule has 0 unspecified atom stereocenters. The van der Waals surface area contributed by atoms with Crippen molar-refractivity contribution in [3.8, 4) is 17.2 Å². The van der Waals surface area contributed by atoms with E-state index in [4.69, 9.17) is 14.2 Å². The van der Waals surface area contributed by atoms with Crippen molar-refractivity contribution in [1.29, 1.82) is 0 Å². The summed E-state index contributed by atoms with van der Waals surface area (Å²) in [6.45, 7) is 11.8.